The van der Waals surface area contributed by atoms with Gasteiger partial charge in [0.1, 0.15) is 0 Å². The van der Waals surface area contributed by atoms with Crippen molar-refractivity contribution < 1.29 is 47.7 Å². The highest BCUT2D eigenvalue weighted by Crippen LogP contribution is 2.71. The molecule has 16 aliphatic heterocycles. The molecule has 11 saturated heterocycles. The summed E-state index contributed by atoms with van der Waals surface area (Å²) in [5.41, 5.74) is 5.25. The van der Waals surface area contributed by atoms with E-state index in [1.165, 1.54) is 5.57 Å². The lowest BCUT2D eigenvalue weighted by Gasteiger charge is -2.51. The van der Waals surface area contributed by atoms with E-state index in [0.717, 1.165) is 162 Å². The van der Waals surface area contributed by atoms with E-state index in [0.29, 0.717) is 25.7 Å². The van der Waals surface area contributed by atoms with Crippen LogP contribution in [0, 0.1) is 29.6 Å². The number of hydrogen-bond acceptors (Lipinski definition) is 15. The zero-order valence-corrected chi connectivity index (χ0v) is 42.6. The van der Waals surface area contributed by atoms with Crippen LogP contribution in [0.25, 0.3) is 0 Å². The molecule has 0 aromatic rings. The minimum Gasteiger partial charge on any atom is -0.450 e. The van der Waals surface area contributed by atoms with Crippen LogP contribution in [-0.2, 0) is 47.7 Å². The Bertz CT molecular complexity index is 3100. The van der Waals surface area contributed by atoms with E-state index in [9.17, 15) is 14.4 Å². The van der Waals surface area contributed by atoms with Gasteiger partial charge < -0.3 is 23.7 Å². The van der Waals surface area contributed by atoms with Gasteiger partial charge in [-0.25, -0.2) is 24.0 Å². The van der Waals surface area contributed by atoms with Gasteiger partial charge in [0.25, 0.3) is 0 Å². The monoisotopic (exact) mass is 1020 g/mol. The minimum atomic E-state index is -0.793. The zero-order chi connectivity index (χ0) is 49.2. The number of hydrogen-bond donors (Lipinski definition) is 0. The molecule has 15 nitrogen and oxygen atoms in total. The van der Waals surface area contributed by atoms with Crippen LogP contribution in [0.3, 0.4) is 0 Å². The number of carbonyl (C=O) groups is 5. The van der Waals surface area contributed by atoms with E-state index in [-0.39, 0.29) is 120 Å². The van der Waals surface area contributed by atoms with Crippen LogP contribution in [-0.4, -0.2) is 175 Å². The van der Waals surface area contributed by atoms with Crippen molar-refractivity contribution in [2.45, 2.75) is 204 Å². The third kappa shape index (κ3) is 4.58. The summed E-state index contributed by atoms with van der Waals surface area (Å²) >= 11 is 0. The molecule has 0 aromatic heterocycles. The van der Waals surface area contributed by atoms with Crippen LogP contribution in [0.4, 0.5) is 0 Å². The largest absolute Gasteiger partial charge is 0.450 e. The highest BCUT2D eigenvalue weighted by Gasteiger charge is 2.77. The Morgan fingerprint density at radius 2 is 0.933 bits per heavy atom. The van der Waals surface area contributed by atoms with Gasteiger partial charge in [0.2, 0.25) is 0 Å². The summed E-state index contributed by atoms with van der Waals surface area (Å²) in [5.74, 6) is -1.37. The Morgan fingerprint density at radius 1 is 0.440 bits per heavy atom. The number of esters is 5. The fourth-order valence-electron chi connectivity index (χ4n) is 24.1. The molecule has 0 radical (unpaired) electrons. The van der Waals surface area contributed by atoms with Gasteiger partial charge in [-0.1, -0.05) is 6.08 Å². The molecule has 20 aliphatic rings. The van der Waals surface area contributed by atoms with Gasteiger partial charge in [0.15, 0.2) is 28.0 Å². The lowest BCUT2D eigenvalue weighted by atomic mass is 9.54. The summed E-state index contributed by atoms with van der Waals surface area (Å²) in [4.78, 5) is 85.4. The Morgan fingerprint density at radius 3 is 1.63 bits per heavy atom. The molecular formula is C60H65N5O10. The molecule has 0 aromatic carbocycles. The lowest BCUT2D eigenvalue weighted by molar-refractivity contribution is -0.151. The van der Waals surface area contributed by atoms with Gasteiger partial charge in [-0.2, -0.15) is 0 Å². The van der Waals surface area contributed by atoms with Gasteiger partial charge in [-0.3, -0.25) is 24.5 Å². The molecule has 20 atom stereocenters. The molecular weight excluding hydrogens is 951 g/mol. The average Bonchev–Trinajstić information content (AvgIpc) is 4.26. The van der Waals surface area contributed by atoms with Gasteiger partial charge in [-0.15, -0.1) is 0 Å². The molecule has 4 aliphatic carbocycles. The SMILES string of the molecule is O=C1C=C2C[C@H](C3=C4C[C@H](C5=C6C([C@H]7C([C@H]8CC9=CC(=O)O[C@@]9%10C[C@@H]8N8CCC[C@@H]8%10)C8=CC(=O)O[C@@]89C[C@@H]7N7CCC[C@@H]79)=C[C@@H]7C[C@@]6(OC5=O)[C@H]5CCCN75)[C@@H]5C[C@@]4(OC3=O)[C@H]3CCCN53)[C@@H]3C[C@@]2(O1)[C@H]1CCCN31. The first-order valence-corrected chi connectivity index (χ1v) is 29.8. The summed E-state index contributed by atoms with van der Waals surface area (Å²) in [6.45, 7) is 4.75. The third-order valence-electron chi connectivity index (χ3n) is 25.8. The summed E-state index contributed by atoms with van der Waals surface area (Å²) in [7, 11) is 0. The summed E-state index contributed by atoms with van der Waals surface area (Å²) < 4.78 is 33.9. The second-order valence-corrected chi connectivity index (χ2v) is 27.6. The molecule has 0 amide bonds. The Kier molecular flexibility index (Phi) is 7.58. The molecule has 3 saturated carbocycles. The van der Waals surface area contributed by atoms with Crippen molar-refractivity contribution in [1.82, 2.24) is 24.5 Å². The van der Waals surface area contributed by atoms with Crippen molar-refractivity contribution in [3.8, 4) is 0 Å². The molecule has 10 bridgehead atoms. The lowest BCUT2D eigenvalue weighted by Crippen LogP contribution is -2.54. The Balaban J connectivity index is 0.793. The summed E-state index contributed by atoms with van der Waals surface area (Å²) in [6, 6.07) is 1.02. The Hall–Kier alpha value is -4.41. The van der Waals surface area contributed by atoms with Crippen LogP contribution >= 0.6 is 0 Å². The zero-order valence-electron chi connectivity index (χ0n) is 42.6. The molecule has 16 heterocycles. The topological polar surface area (TPSA) is 148 Å². The Labute approximate surface area is 435 Å². The minimum absolute atomic E-state index is 0.00683. The summed E-state index contributed by atoms with van der Waals surface area (Å²) in [5, 5.41) is 0. The summed E-state index contributed by atoms with van der Waals surface area (Å²) in [6.07, 6.45) is 23.9. The van der Waals surface area contributed by atoms with E-state index >= 15 is 9.59 Å². The first-order chi connectivity index (χ1) is 36.5. The molecule has 390 valence electrons. The number of rotatable bonds is 4. The molecule has 0 N–H and O–H groups in total. The van der Waals surface area contributed by atoms with E-state index in [1.54, 1.807) is 6.08 Å². The standard InChI is InChI=1S/C60H65N5O10/c66-46-18-28-16-31(37-24-56(28,71-46)41-6-2-12-62(37)41)49-36-22-48(68)73-58(36)27-40(65-15-5-8-43(58)65)51(49)34-20-30-23-60(45-10-1-11-61(30)45)53(34)52(55(70)75-60)33-21-35-50(54(69)74-59(35)26-39(33)64-14-4-9-44(59)64)32-17-29-19-47(67)72-57(29)25-38(32)63-13-3-7-42(57)63/h18-20,22,30-33,37-45,49,51H,1-17,21,23-27H2/t30-,31+,32+,33+,37+,38+,39+,40+,41-,42-,43-,44-,45-,49?,51-,56+,57+,58+,59+,60-/m1/s1. The van der Waals surface area contributed by atoms with Crippen LogP contribution in [0.1, 0.15) is 116 Å². The van der Waals surface area contributed by atoms with Crippen molar-refractivity contribution in [2.75, 3.05) is 32.7 Å². The first-order valence-electron chi connectivity index (χ1n) is 29.8. The van der Waals surface area contributed by atoms with Crippen molar-refractivity contribution in [2.24, 2.45) is 29.6 Å². The van der Waals surface area contributed by atoms with Crippen molar-refractivity contribution in [1.29, 1.82) is 0 Å². The fraction of sp³-hybridized carbons (Fsp3) is 0.717. The molecule has 15 heteroatoms. The third-order valence-corrected chi connectivity index (χ3v) is 25.8. The first kappa shape index (κ1) is 42.6. The maximum absolute atomic E-state index is 16.0. The maximum Gasteiger partial charge on any atom is 0.335 e. The van der Waals surface area contributed by atoms with Gasteiger partial charge in [-0.05, 0) is 156 Å². The van der Waals surface area contributed by atoms with E-state index in [1.807, 2.05) is 12.2 Å². The van der Waals surface area contributed by atoms with E-state index < -0.39 is 28.0 Å². The molecule has 14 fully saturated rings. The maximum atomic E-state index is 16.0. The smallest absolute Gasteiger partial charge is 0.335 e. The number of nitrogens with zero attached hydrogens (tertiary/aromatic N) is 5. The van der Waals surface area contributed by atoms with Crippen molar-refractivity contribution in [3.05, 3.63) is 68.9 Å². The van der Waals surface area contributed by atoms with Gasteiger partial charge in [0.05, 0.1) is 30.2 Å². The van der Waals surface area contributed by atoms with Crippen LogP contribution in [0.2, 0.25) is 0 Å². The van der Waals surface area contributed by atoms with E-state index in [2.05, 4.69) is 30.6 Å². The highest BCUT2D eigenvalue weighted by molar-refractivity contribution is 5.98. The van der Waals surface area contributed by atoms with E-state index in [4.69, 9.17) is 23.7 Å². The number of ether oxygens (including phenoxy) is 5. The number of carbonyl (C=O) groups excluding carboxylic acids is 5. The van der Waals surface area contributed by atoms with Crippen molar-refractivity contribution in [3.63, 3.8) is 0 Å². The normalized spacial score (nSPS) is 53.7. The fourth-order valence-corrected chi connectivity index (χ4v) is 24.1. The average molecular weight is 1020 g/mol. The highest BCUT2D eigenvalue weighted by atomic mass is 16.6. The predicted molar refractivity (Wildman–Crippen MR) is 262 cm³/mol. The predicted octanol–water partition coefficient (Wildman–Crippen LogP) is 4.27. The molecule has 20 rings (SSSR count). The van der Waals surface area contributed by atoms with Crippen LogP contribution in [0.5, 0.6) is 0 Å². The molecule has 5 spiro atoms. The van der Waals surface area contributed by atoms with Crippen LogP contribution < -0.4 is 0 Å². The number of fused-ring (bicyclic) bond motifs is 12. The molecule has 1 unspecified atom stereocenters. The van der Waals surface area contributed by atoms with Gasteiger partial charge >= 0.3 is 29.8 Å². The second-order valence-electron chi connectivity index (χ2n) is 27.6. The van der Waals surface area contributed by atoms with Crippen LogP contribution in [0.15, 0.2) is 68.9 Å². The second kappa shape index (κ2) is 13.4. The van der Waals surface area contributed by atoms with Gasteiger partial charge in [0, 0.05) is 115 Å². The quantitative estimate of drug-likeness (QED) is 0.292. The van der Waals surface area contributed by atoms with Crippen molar-refractivity contribution >= 4 is 29.8 Å². The molecule has 75 heavy (non-hydrogen) atoms.